The van der Waals surface area contributed by atoms with Crippen molar-refractivity contribution >= 4 is 16.6 Å². The molecule has 0 N–H and O–H groups in total. The lowest BCUT2D eigenvalue weighted by molar-refractivity contribution is -0.00513. The first kappa shape index (κ1) is 11.5. The monoisotopic (exact) mass is 242 g/mol. The molecule has 0 radical (unpaired) electrons. The van der Waals surface area contributed by atoms with Gasteiger partial charge < -0.3 is 9.64 Å². The van der Waals surface area contributed by atoms with Gasteiger partial charge in [-0.15, -0.1) is 0 Å². The molecule has 18 heavy (non-hydrogen) atoms. The number of pyridine rings is 1. The van der Waals surface area contributed by atoms with Crippen LogP contribution >= 0.6 is 0 Å². The van der Waals surface area contributed by atoms with Gasteiger partial charge in [0.25, 0.3) is 0 Å². The molecule has 0 saturated carbocycles. The Morgan fingerprint density at radius 1 is 1.11 bits per heavy atom. The van der Waals surface area contributed by atoms with Gasteiger partial charge in [-0.3, -0.25) is 4.98 Å². The summed E-state index contributed by atoms with van der Waals surface area (Å²) in [5.74, 6) is 0. The van der Waals surface area contributed by atoms with Crippen LogP contribution < -0.4 is 4.90 Å². The molecule has 0 bridgehead atoms. The number of nitrogens with zero attached hydrogens (tertiary/aromatic N) is 2. The lowest BCUT2D eigenvalue weighted by Crippen LogP contribution is -2.45. The van der Waals surface area contributed by atoms with Crippen LogP contribution in [0.5, 0.6) is 0 Å². The van der Waals surface area contributed by atoms with Crippen LogP contribution in [0.15, 0.2) is 36.5 Å². The molecular formula is C15H18N2O. The molecule has 2 atom stereocenters. The lowest BCUT2D eigenvalue weighted by atomic mass is 10.1. The van der Waals surface area contributed by atoms with Crippen molar-refractivity contribution in [2.24, 2.45) is 0 Å². The minimum Gasteiger partial charge on any atom is -0.372 e. The lowest BCUT2D eigenvalue weighted by Gasteiger charge is -2.37. The number of morpholine rings is 1. The predicted octanol–water partition coefficient (Wildman–Crippen LogP) is 2.85. The maximum absolute atomic E-state index is 5.79. The van der Waals surface area contributed by atoms with Gasteiger partial charge in [-0.25, -0.2) is 0 Å². The third-order valence-corrected chi connectivity index (χ3v) is 3.39. The van der Waals surface area contributed by atoms with Crippen molar-refractivity contribution in [3.05, 3.63) is 36.5 Å². The number of ether oxygens (including phenoxy) is 1. The molecule has 3 rings (SSSR count). The molecule has 1 aromatic heterocycles. The Balaban J connectivity index is 2.03. The summed E-state index contributed by atoms with van der Waals surface area (Å²) in [6.45, 7) is 6.15. The van der Waals surface area contributed by atoms with Crippen molar-refractivity contribution in [3.63, 3.8) is 0 Å². The average molecular weight is 242 g/mol. The molecule has 94 valence electrons. The second-order valence-corrected chi connectivity index (χ2v) is 5.01. The maximum Gasteiger partial charge on any atom is 0.0726 e. The van der Waals surface area contributed by atoms with Crippen molar-refractivity contribution in [3.8, 4) is 0 Å². The summed E-state index contributed by atoms with van der Waals surface area (Å²) in [6.07, 6.45) is 2.45. The van der Waals surface area contributed by atoms with Gasteiger partial charge in [0, 0.05) is 30.4 Å². The van der Waals surface area contributed by atoms with Crippen LogP contribution in [0.4, 0.5) is 5.69 Å². The standard InChI is InChI=1S/C15H18N2O/c1-11-9-17(10-12(2)18-11)15-7-8-16-14-6-4-3-5-13(14)15/h3-8,11-12H,9-10H2,1-2H3. The number of para-hydroxylation sites is 1. The summed E-state index contributed by atoms with van der Waals surface area (Å²) in [6, 6.07) is 10.4. The summed E-state index contributed by atoms with van der Waals surface area (Å²) in [4.78, 5) is 6.82. The molecule has 3 nitrogen and oxygen atoms in total. The molecule has 1 fully saturated rings. The second-order valence-electron chi connectivity index (χ2n) is 5.01. The largest absolute Gasteiger partial charge is 0.372 e. The van der Waals surface area contributed by atoms with E-state index in [1.54, 1.807) is 0 Å². The molecule has 0 spiro atoms. The number of hydrogen-bond donors (Lipinski definition) is 0. The first-order valence-electron chi connectivity index (χ1n) is 6.48. The van der Waals surface area contributed by atoms with Crippen LogP contribution in [-0.4, -0.2) is 30.3 Å². The average Bonchev–Trinajstić information content (AvgIpc) is 2.37. The molecule has 1 aliphatic rings. The van der Waals surface area contributed by atoms with E-state index in [9.17, 15) is 0 Å². The van der Waals surface area contributed by atoms with Crippen molar-refractivity contribution in [1.82, 2.24) is 4.98 Å². The number of rotatable bonds is 1. The van der Waals surface area contributed by atoms with E-state index in [2.05, 4.69) is 48.0 Å². The van der Waals surface area contributed by atoms with Gasteiger partial charge in [0.2, 0.25) is 0 Å². The van der Waals surface area contributed by atoms with Crippen LogP contribution in [0.2, 0.25) is 0 Å². The Morgan fingerprint density at radius 3 is 2.61 bits per heavy atom. The molecule has 0 amide bonds. The highest BCUT2D eigenvalue weighted by molar-refractivity contribution is 5.91. The van der Waals surface area contributed by atoms with Crippen LogP contribution in [0.1, 0.15) is 13.8 Å². The van der Waals surface area contributed by atoms with Gasteiger partial charge in [-0.05, 0) is 26.0 Å². The molecule has 1 aliphatic heterocycles. The Bertz CT molecular complexity index is 540. The molecular weight excluding hydrogens is 224 g/mol. The van der Waals surface area contributed by atoms with Gasteiger partial charge in [0.05, 0.1) is 17.7 Å². The molecule has 2 unspecified atom stereocenters. The van der Waals surface area contributed by atoms with Crippen molar-refractivity contribution in [2.75, 3.05) is 18.0 Å². The Hall–Kier alpha value is -1.61. The SMILES string of the molecule is CC1CN(c2ccnc3ccccc23)CC(C)O1. The van der Waals surface area contributed by atoms with Gasteiger partial charge >= 0.3 is 0 Å². The fraction of sp³-hybridized carbons (Fsp3) is 0.400. The van der Waals surface area contributed by atoms with Crippen LogP contribution in [-0.2, 0) is 4.74 Å². The Labute approximate surface area is 107 Å². The highest BCUT2D eigenvalue weighted by Crippen LogP contribution is 2.27. The van der Waals surface area contributed by atoms with Gasteiger partial charge in [-0.1, -0.05) is 18.2 Å². The zero-order valence-electron chi connectivity index (χ0n) is 10.8. The van der Waals surface area contributed by atoms with Crippen LogP contribution in [0.3, 0.4) is 0 Å². The third kappa shape index (κ3) is 2.06. The smallest absolute Gasteiger partial charge is 0.0726 e. The molecule has 0 aliphatic carbocycles. The van der Waals surface area contributed by atoms with Crippen LogP contribution in [0, 0.1) is 0 Å². The van der Waals surface area contributed by atoms with E-state index in [1.165, 1.54) is 11.1 Å². The van der Waals surface area contributed by atoms with E-state index in [-0.39, 0.29) is 12.2 Å². The first-order valence-corrected chi connectivity index (χ1v) is 6.48. The molecule has 3 heteroatoms. The fourth-order valence-electron chi connectivity index (χ4n) is 2.73. The van der Waals surface area contributed by atoms with Crippen LogP contribution in [0.25, 0.3) is 10.9 Å². The molecule has 2 heterocycles. The summed E-state index contributed by atoms with van der Waals surface area (Å²) < 4.78 is 5.79. The van der Waals surface area contributed by atoms with E-state index < -0.39 is 0 Å². The number of benzene rings is 1. The highest BCUT2D eigenvalue weighted by Gasteiger charge is 2.23. The van der Waals surface area contributed by atoms with E-state index in [0.717, 1.165) is 18.6 Å². The number of aromatic nitrogens is 1. The van der Waals surface area contributed by atoms with Gasteiger partial charge in [0.15, 0.2) is 0 Å². The Morgan fingerprint density at radius 2 is 1.83 bits per heavy atom. The third-order valence-electron chi connectivity index (χ3n) is 3.39. The van der Waals surface area contributed by atoms with E-state index >= 15 is 0 Å². The predicted molar refractivity (Wildman–Crippen MR) is 74.0 cm³/mol. The van der Waals surface area contributed by atoms with E-state index in [1.807, 2.05) is 12.3 Å². The van der Waals surface area contributed by atoms with E-state index in [0.29, 0.717) is 0 Å². The number of fused-ring (bicyclic) bond motifs is 1. The molecule has 1 saturated heterocycles. The second kappa shape index (κ2) is 4.58. The minimum absolute atomic E-state index is 0.278. The summed E-state index contributed by atoms with van der Waals surface area (Å²) in [5, 5.41) is 1.22. The normalized spacial score (nSPS) is 24.4. The maximum atomic E-state index is 5.79. The zero-order valence-corrected chi connectivity index (χ0v) is 10.8. The summed E-state index contributed by atoms with van der Waals surface area (Å²) in [7, 11) is 0. The summed E-state index contributed by atoms with van der Waals surface area (Å²) >= 11 is 0. The minimum atomic E-state index is 0.278. The van der Waals surface area contributed by atoms with Crippen molar-refractivity contribution in [1.29, 1.82) is 0 Å². The highest BCUT2D eigenvalue weighted by atomic mass is 16.5. The molecule has 1 aromatic carbocycles. The van der Waals surface area contributed by atoms with Crippen molar-refractivity contribution < 1.29 is 4.74 Å². The van der Waals surface area contributed by atoms with Gasteiger partial charge in [-0.2, -0.15) is 0 Å². The topological polar surface area (TPSA) is 25.4 Å². The summed E-state index contributed by atoms with van der Waals surface area (Å²) in [5.41, 5.74) is 2.32. The molecule has 2 aromatic rings. The quantitative estimate of drug-likeness (QED) is 0.769. The zero-order chi connectivity index (χ0) is 12.5. The number of hydrogen-bond acceptors (Lipinski definition) is 3. The van der Waals surface area contributed by atoms with Crippen molar-refractivity contribution in [2.45, 2.75) is 26.1 Å². The Kier molecular flexibility index (Phi) is 2.92. The first-order chi connectivity index (χ1) is 8.74. The fourth-order valence-corrected chi connectivity index (χ4v) is 2.73. The van der Waals surface area contributed by atoms with Gasteiger partial charge in [0.1, 0.15) is 0 Å². The van der Waals surface area contributed by atoms with E-state index in [4.69, 9.17) is 4.74 Å². The number of anilines is 1.